The normalized spacial score (nSPS) is 30.7. The standard InChI is InChI=1S/C22H30N2O4S/c1-15-4-3-11-24(14-15)29(27,28)20-9-7-19(8-10-20)23-22(26)18-12-16-5-2-6-17(13-18)21(16)25/h7-10,15-18H,2-6,11-14H2,1H3,(H,23,26). The van der Waals surface area contributed by atoms with E-state index in [0.29, 0.717) is 43.3 Å². The highest BCUT2D eigenvalue weighted by Crippen LogP contribution is 2.40. The number of amides is 1. The molecule has 2 aliphatic carbocycles. The minimum absolute atomic E-state index is 0.0395. The first-order valence-corrected chi connectivity index (χ1v) is 12.2. The first-order chi connectivity index (χ1) is 13.8. The molecule has 3 aliphatic rings. The third kappa shape index (κ3) is 4.26. The number of sulfonamides is 1. The van der Waals surface area contributed by atoms with Gasteiger partial charge >= 0.3 is 0 Å². The van der Waals surface area contributed by atoms with E-state index in [1.165, 1.54) is 0 Å². The van der Waals surface area contributed by atoms with Crippen molar-refractivity contribution in [2.45, 2.75) is 56.8 Å². The van der Waals surface area contributed by atoms with E-state index in [9.17, 15) is 18.0 Å². The molecule has 2 bridgehead atoms. The smallest absolute Gasteiger partial charge is 0.243 e. The largest absolute Gasteiger partial charge is 0.326 e. The molecule has 3 fully saturated rings. The Morgan fingerprint density at radius 3 is 2.31 bits per heavy atom. The molecule has 0 radical (unpaired) electrons. The second-order valence-electron chi connectivity index (χ2n) is 9.02. The Bertz CT molecular complexity index is 865. The van der Waals surface area contributed by atoms with Gasteiger partial charge in [0.2, 0.25) is 15.9 Å². The van der Waals surface area contributed by atoms with E-state index < -0.39 is 10.0 Å². The van der Waals surface area contributed by atoms with Crippen LogP contribution in [0.25, 0.3) is 0 Å². The summed E-state index contributed by atoms with van der Waals surface area (Å²) >= 11 is 0. The van der Waals surface area contributed by atoms with Crippen LogP contribution in [0, 0.1) is 23.7 Å². The summed E-state index contributed by atoms with van der Waals surface area (Å²) in [6, 6.07) is 6.46. The van der Waals surface area contributed by atoms with Gasteiger partial charge < -0.3 is 5.32 Å². The number of piperidine rings is 1. The van der Waals surface area contributed by atoms with Crippen LogP contribution in [0.5, 0.6) is 0 Å². The predicted octanol–water partition coefficient (Wildman–Crippen LogP) is 3.44. The highest BCUT2D eigenvalue weighted by atomic mass is 32.2. The van der Waals surface area contributed by atoms with Crippen molar-refractivity contribution >= 4 is 27.4 Å². The van der Waals surface area contributed by atoms with Crippen LogP contribution in [0.1, 0.15) is 51.9 Å². The molecular weight excluding hydrogens is 388 g/mol. The summed E-state index contributed by atoms with van der Waals surface area (Å²) in [4.78, 5) is 25.2. The zero-order valence-electron chi connectivity index (χ0n) is 17.0. The topological polar surface area (TPSA) is 83.6 Å². The average molecular weight is 419 g/mol. The maximum Gasteiger partial charge on any atom is 0.243 e. The molecule has 1 aliphatic heterocycles. The van der Waals surface area contributed by atoms with Crippen LogP contribution in [-0.4, -0.2) is 37.5 Å². The van der Waals surface area contributed by atoms with Gasteiger partial charge in [-0.1, -0.05) is 13.3 Å². The van der Waals surface area contributed by atoms with Crippen LogP contribution in [0.15, 0.2) is 29.2 Å². The fourth-order valence-electron chi connectivity index (χ4n) is 5.16. The van der Waals surface area contributed by atoms with Crippen molar-refractivity contribution < 1.29 is 18.0 Å². The van der Waals surface area contributed by atoms with Gasteiger partial charge in [-0.15, -0.1) is 0 Å². The number of ketones is 1. The Morgan fingerprint density at radius 1 is 1.03 bits per heavy atom. The lowest BCUT2D eigenvalue weighted by Crippen LogP contribution is -2.40. The number of nitrogens with one attached hydrogen (secondary N) is 1. The molecule has 29 heavy (non-hydrogen) atoms. The number of carbonyl (C=O) groups excluding carboxylic acids is 2. The molecule has 0 spiro atoms. The molecule has 1 aromatic carbocycles. The Labute approximate surface area is 173 Å². The van der Waals surface area contributed by atoms with Gasteiger partial charge in [0.25, 0.3) is 0 Å². The molecule has 4 rings (SSSR count). The van der Waals surface area contributed by atoms with E-state index >= 15 is 0 Å². The maximum absolute atomic E-state index is 12.9. The van der Waals surface area contributed by atoms with Crippen LogP contribution >= 0.6 is 0 Å². The van der Waals surface area contributed by atoms with E-state index in [-0.39, 0.29) is 28.6 Å². The summed E-state index contributed by atoms with van der Waals surface area (Å²) < 4.78 is 27.3. The maximum atomic E-state index is 12.9. The zero-order valence-corrected chi connectivity index (χ0v) is 17.8. The SMILES string of the molecule is CC1CCCN(S(=O)(=O)c2ccc(NC(=O)C3CC4CCCC(C3)C4=O)cc2)C1. The van der Waals surface area contributed by atoms with Crippen molar-refractivity contribution in [3.63, 3.8) is 0 Å². The summed E-state index contributed by atoms with van der Waals surface area (Å²) in [7, 11) is -3.49. The summed E-state index contributed by atoms with van der Waals surface area (Å²) in [5.41, 5.74) is 0.600. The Balaban J connectivity index is 1.40. The number of rotatable bonds is 4. The van der Waals surface area contributed by atoms with Gasteiger partial charge in [0.15, 0.2) is 0 Å². The lowest BCUT2D eigenvalue weighted by Gasteiger charge is -2.36. The van der Waals surface area contributed by atoms with Gasteiger partial charge in [-0.25, -0.2) is 8.42 Å². The van der Waals surface area contributed by atoms with Crippen LogP contribution in [0.3, 0.4) is 0 Å². The monoisotopic (exact) mass is 418 g/mol. The number of carbonyl (C=O) groups is 2. The van der Waals surface area contributed by atoms with Crippen LogP contribution in [0.4, 0.5) is 5.69 Å². The molecule has 1 aromatic rings. The second-order valence-corrected chi connectivity index (χ2v) is 11.0. The highest BCUT2D eigenvalue weighted by Gasteiger charge is 2.41. The quantitative estimate of drug-likeness (QED) is 0.812. The van der Waals surface area contributed by atoms with Gasteiger partial charge in [-0.05, 0) is 68.7 Å². The molecule has 3 atom stereocenters. The summed E-state index contributed by atoms with van der Waals surface area (Å²) in [6.07, 6.45) is 6.12. The molecular formula is C22H30N2O4S. The van der Waals surface area contributed by atoms with Crippen molar-refractivity contribution in [2.24, 2.45) is 23.7 Å². The molecule has 1 heterocycles. The summed E-state index contributed by atoms with van der Waals surface area (Å²) in [6.45, 7) is 3.20. The first kappa shape index (κ1) is 20.5. The number of fused-ring (bicyclic) bond motifs is 2. The van der Waals surface area contributed by atoms with Crippen molar-refractivity contribution in [1.82, 2.24) is 4.31 Å². The molecule has 6 nitrogen and oxygen atoms in total. The Morgan fingerprint density at radius 2 is 1.69 bits per heavy atom. The van der Waals surface area contributed by atoms with E-state index in [1.54, 1.807) is 28.6 Å². The van der Waals surface area contributed by atoms with Gasteiger partial charge in [-0.3, -0.25) is 9.59 Å². The summed E-state index contributed by atoms with van der Waals surface area (Å²) in [5, 5.41) is 2.92. The first-order valence-electron chi connectivity index (χ1n) is 10.8. The summed E-state index contributed by atoms with van der Waals surface area (Å²) in [5.74, 6) is 0.604. The Kier molecular flexibility index (Phi) is 5.80. The molecule has 158 valence electrons. The number of hydrogen-bond acceptors (Lipinski definition) is 4. The minimum atomic E-state index is -3.49. The third-order valence-corrected chi connectivity index (χ3v) is 8.68. The lowest BCUT2D eigenvalue weighted by molar-refractivity contribution is -0.136. The van der Waals surface area contributed by atoms with Gasteiger partial charge in [-0.2, -0.15) is 4.31 Å². The molecule has 1 saturated heterocycles. The Hall–Kier alpha value is -1.73. The number of nitrogens with zero attached hydrogens (tertiary/aromatic N) is 1. The molecule has 3 unspecified atom stereocenters. The van der Waals surface area contributed by atoms with Gasteiger partial charge in [0.1, 0.15) is 5.78 Å². The molecule has 2 saturated carbocycles. The molecule has 7 heteroatoms. The van der Waals surface area contributed by atoms with Crippen molar-refractivity contribution in [3.8, 4) is 0 Å². The van der Waals surface area contributed by atoms with Crippen LogP contribution < -0.4 is 5.32 Å². The van der Waals surface area contributed by atoms with E-state index in [1.807, 2.05) is 0 Å². The van der Waals surface area contributed by atoms with Gasteiger partial charge in [0, 0.05) is 36.5 Å². The van der Waals surface area contributed by atoms with E-state index in [2.05, 4.69) is 12.2 Å². The van der Waals surface area contributed by atoms with Crippen molar-refractivity contribution in [2.75, 3.05) is 18.4 Å². The molecule has 1 amide bonds. The number of hydrogen-bond donors (Lipinski definition) is 1. The fraction of sp³-hybridized carbons (Fsp3) is 0.636. The average Bonchev–Trinajstić information content (AvgIpc) is 2.68. The second kappa shape index (κ2) is 8.19. The van der Waals surface area contributed by atoms with Crippen molar-refractivity contribution in [1.29, 1.82) is 0 Å². The lowest BCUT2D eigenvalue weighted by atomic mass is 9.67. The third-order valence-electron chi connectivity index (χ3n) is 6.80. The number of benzene rings is 1. The highest BCUT2D eigenvalue weighted by molar-refractivity contribution is 7.89. The molecule has 0 aromatic heterocycles. The minimum Gasteiger partial charge on any atom is -0.326 e. The van der Waals surface area contributed by atoms with Gasteiger partial charge in [0.05, 0.1) is 4.90 Å². The van der Waals surface area contributed by atoms with Crippen LogP contribution in [-0.2, 0) is 19.6 Å². The van der Waals surface area contributed by atoms with Crippen LogP contribution in [0.2, 0.25) is 0 Å². The predicted molar refractivity (Wildman–Crippen MR) is 111 cm³/mol. The number of anilines is 1. The van der Waals surface area contributed by atoms with E-state index in [0.717, 1.165) is 32.1 Å². The van der Waals surface area contributed by atoms with Crippen molar-refractivity contribution in [3.05, 3.63) is 24.3 Å². The molecule has 1 N–H and O–H groups in total. The fourth-order valence-corrected chi connectivity index (χ4v) is 6.76. The number of Topliss-reactive ketones (excluding diaryl/α,β-unsaturated/α-hetero) is 1. The zero-order chi connectivity index (χ0) is 20.6. The van der Waals surface area contributed by atoms with E-state index in [4.69, 9.17) is 0 Å².